The molecule has 1 saturated carbocycles. The zero-order chi connectivity index (χ0) is 26.9. The van der Waals surface area contributed by atoms with Crippen LogP contribution in [0.4, 0.5) is 11.4 Å². The molecule has 0 spiro atoms. The number of nitrogens with two attached hydrogens (primary N) is 1. The zero-order valence-corrected chi connectivity index (χ0v) is 20.2. The summed E-state index contributed by atoms with van der Waals surface area (Å²) in [6, 6.07) is 0.380. The highest BCUT2D eigenvalue weighted by Crippen LogP contribution is 2.54. The van der Waals surface area contributed by atoms with Crippen LogP contribution in [-0.4, -0.2) is 89.0 Å². The number of anilines is 2. The molecule has 12 heteroatoms. The van der Waals surface area contributed by atoms with Crippen molar-refractivity contribution in [1.29, 1.82) is 0 Å². The van der Waals surface area contributed by atoms with Gasteiger partial charge in [0.25, 0.3) is 5.91 Å². The van der Waals surface area contributed by atoms with E-state index in [0.29, 0.717) is 17.7 Å². The molecule has 2 amide bonds. The first-order valence-electron chi connectivity index (χ1n) is 11.2. The number of hydrogen-bond donors (Lipinski definition) is 6. The van der Waals surface area contributed by atoms with Crippen LogP contribution in [0.5, 0.6) is 5.75 Å². The fourth-order valence-electron chi connectivity index (χ4n) is 5.86. The van der Waals surface area contributed by atoms with Gasteiger partial charge < -0.3 is 36.4 Å². The van der Waals surface area contributed by atoms with Gasteiger partial charge in [-0.3, -0.25) is 24.1 Å². The Morgan fingerprint density at radius 1 is 1.19 bits per heavy atom. The van der Waals surface area contributed by atoms with Crippen molar-refractivity contribution in [3.8, 4) is 5.75 Å². The first-order valence-corrected chi connectivity index (χ1v) is 11.2. The second-order valence-corrected chi connectivity index (χ2v) is 9.76. The summed E-state index contributed by atoms with van der Waals surface area (Å²) < 4.78 is 0. The lowest BCUT2D eigenvalue weighted by Crippen LogP contribution is -2.65. The number of aliphatic hydroxyl groups excluding tert-OH is 2. The predicted octanol–water partition coefficient (Wildman–Crippen LogP) is -0.402. The largest absolute Gasteiger partial charge is 0.508 e. The molecular weight excluding hydrogens is 472 g/mol. The maximum absolute atomic E-state index is 13.8. The van der Waals surface area contributed by atoms with Gasteiger partial charge in [-0.25, -0.2) is 0 Å². The van der Waals surface area contributed by atoms with Crippen molar-refractivity contribution in [3.63, 3.8) is 0 Å². The molecule has 36 heavy (non-hydrogen) atoms. The quantitative estimate of drug-likeness (QED) is 0.176. The maximum atomic E-state index is 13.8. The summed E-state index contributed by atoms with van der Waals surface area (Å²) in [5.74, 6) is -7.28. The molecule has 0 saturated heterocycles. The Labute approximate surface area is 206 Å². The van der Waals surface area contributed by atoms with Crippen molar-refractivity contribution >= 4 is 41.0 Å². The van der Waals surface area contributed by atoms with E-state index in [4.69, 9.17) is 5.73 Å². The second-order valence-electron chi connectivity index (χ2n) is 9.76. The minimum absolute atomic E-state index is 0.00622. The van der Waals surface area contributed by atoms with E-state index in [-0.39, 0.29) is 29.7 Å². The minimum atomic E-state index is -2.71. The van der Waals surface area contributed by atoms with Crippen LogP contribution in [0.1, 0.15) is 17.5 Å². The highest BCUT2D eigenvalue weighted by atomic mass is 16.3. The number of benzene rings is 1. The van der Waals surface area contributed by atoms with Gasteiger partial charge in [-0.2, -0.15) is 0 Å². The number of ketones is 2. The summed E-state index contributed by atoms with van der Waals surface area (Å²) >= 11 is 0. The number of carbonyl (C=O) groups excluding carboxylic acids is 4. The molecule has 12 nitrogen and oxygen atoms in total. The van der Waals surface area contributed by atoms with Crippen molar-refractivity contribution in [1.82, 2.24) is 4.90 Å². The summed E-state index contributed by atoms with van der Waals surface area (Å²) in [7, 11) is 6.54. The normalized spacial score (nSPS) is 27.4. The number of phenols is 1. The molecular formula is C24H28N4O8. The van der Waals surface area contributed by atoms with Crippen molar-refractivity contribution in [3.05, 3.63) is 34.1 Å². The highest BCUT2D eigenvalue weighted by Gasteiger charge is 2.64. The number of carbonyl (C=O) groups is 4. The van der Waals surface area contributed by atoms with Crippen LogP contribution < -0.4 is 16.0 Å². The van der Waals surface area contributed by atoms with E-state index in [1.165, 1.54) is 25.1 Å². The van der Waals surface area contributed by atoms with Gasteiger partial charge >= 0.3 is 0 Å². The number of amides is 2. The molecule has 0 bridgehead atoms. The van der Waals surface area contributed by atoms with E-state index in [1.807, 2.05) is 0 Å². The standard InChI is InChI=1S/C24H28N4O8/c1-27(2)13-7-12(26-8-29)18(30)15-10(13)5-9-6-11-17(28(3)4)20(32)16(23(25)35)22(34)24(11,36)21(33)14(9)19(15)31/h7-9,11,17,30-31,34,36H,5-6H2,1-4H3,(H2,25,35)(H,26,29)/t9?,11?,17-,24-/m0/s1. The van der Waals surface area contributed by atoms with E-state index >= 15 is 0 Å². The number of fused-ring (bicyclic) bond motifs is 3. The van der Waals surface area contributed by atoms with E-state index in [2.05, 4.69) is 5.32 Å². The van der Waals surface area contributed by atoms with E-state index < -0.39 is 63.8 Å². The summed E-state index contributed by atoms with van der Waals surface area (Å²) in [6.07, 6.45) is 0.495. The summed E-state index contributed by atoms with van der Waals surface area (Å²) in [6.45, 7) is 0. The van der Waals surface area contributed by atoms with Gasteiger partial charge in [-0.1, -0.05) is 0 Å². The predicted molar refractivity (Wildman–Crippen MR) is 128 cm³/mol. The van der Waals surface area contributed by atoms with Crippen molar-refractivity contribution < 1.29 is 39.6 Å². The maximum Gasteiger partial charge on any atom is 0.255 e. The van der Waals surface area contributed by atoms with Crippen LogP contribution in [0.15, 0.2) is 23.0 Å². The van der Waals surface area contributed by atoms with Crippen LogP contribution >= 0.6 is 0 Å². The summed E-state index contributed by atoms with van der Waals surface area (Å²) in [5.41, 5.74) is 2.44. The fraction of sp³-hybridized carbons (Fsp3) is 0.417. The first kappa shape index (κ1) is 25.2. The zero-order valence-electron chi connectivity index (χ0n) is 20.2. The van der Waals surface area contributed by atoms with Gasteiger partial charge in [0.2, 0.25) is 12.2 Å². The number of nitrogens with zero attached hydrogens (tertiary/aromatic N) is 2. The molecule has 2 unspecified atom stereocenters. The molecule has 0 radical (unpaired) electrons. The first-order chi connectivity index (χ1) is 16.8. The van der Waals surface area contributed by atoms with Gasteiger partial charge in [0.05, 0.1) is 17.3 Å². The van der Waals surface area contributed by atoms with E-state index in [0.717, 1.165) is 0 Å². The molecule has 1 fully saturated rings. The van der Waals surface area contributed by atoms with Crippen LogP contribution in [0.3, 0.4) is 0 Å². The molecule has 1 aromatic carbocycles. The molecule has 0 aromatic heterocycles. The molecule has 7 N–H and O–H groups in total. The van der Waals surface area contributed by atoms with Crippen LogP contribution in [0.25, 0.3) is 5.76 Å². The summed E-state index contributed by atoms with van der Waals surface area (Å²) in [5, 5.41) is 47.0. The lowest BCUT2D eigenvalue weighted by Gasteiger charge is -2.50. The van der Waals surface area contributed by atoms with Gasteiger partial charge in [0.1, 0.15) is 22.8 Å². The van der Waals surface area contributed by atoms with Gasteiger partial charge in [-0.05, 0) is 44.5 Å². The van der Waals surface area contributed by atoms with Gasteiger partial charge in [-0.15, -0.1) is 0 Å². The monoisotopic (exact) mass is 500 g/mol. The van der Waals surface area contributed by atoms with Crippen molar-refractivity contribution in [2.75, 3.05) is 38.4 Å². The topological polar surface area (TPSA) is 194 Å². The molecule has 1 aromatic rings. The Hall–Kier alpha value is -3.90. The third kappa shape index (κ3) is 3.21. The molecule has 0 heterocycles. The van der Waals surface area contributed by atoms with Gasteiger partial charge in [0, 0.05) is 31.3 Å². The van der Waals surface area contributed by atoms with Crippen LogP contribution in [0, 0.1) is 11.8 Å². The number of phenolic OH excluding ortho intramolecular Hbond substituents is 1. The molecule has 3 aliphatic carbocycles. The molecule has 4 rings (SSSR count). The lowest BCUT2D eigenvalue weighted by molar-refractivity contribution is -0.153. The van der Waals surface area contributed by atoms with Crippen molar-refractivity contribution in [2.24, 2.45) is 17.6 Å². The smallest absolute Gasteiger partial charge is 0.255 e. The fourth-order valence-corrected chi connectivity index (χ4v) is 5.86. The number of hydrogen-bond acceptors (Lipinski definition) is 10. The molecule has 3 aliphatic rings. The number of nitrogens with one attached hydrogen (secondary N) is 1. The Morgan fingerprint density at radius 3 is 2.36 bits per heavy atom. The average Bonchev–Trinajstić information content (AvgIpc) is 2.77. The number of aromatic hydroxyl groups is 1. The minimum Gasteiger partial charge on any atom is -0.508 e. The number of rotatable bonds is 5. The molecule has 192 valence electrons. The number of likely N-dealkylation sites (N-methyl/N-ethyl adjacent to an activating group) is 1. The number of Topliss-reactive ketones (excluding diaryl/α,β-unsaturated/α-hetero) is 2. The van der Waals surface area contributed by atoms with Gasteiger partial charge in [0.15, 0.2) is 11.4 Å². The Balaban J connectivity index is 2.01. The van der Waals surface area contributed by atoms with E-state index in [1.54, 1.807) is 19.0 Å². The Bertz CT molecular complexity index is 1280. The van der Waals surface area contributed by atoms with E-state index in [9.17, 15) is 39.6 Å². The Kier molecular flexibility index (Phi) is 5.84. The summed E-state index contributed by atoms with van der Waals surface area (Å²) in [4.78, 5) is 53.2. The number of aliphatic hydroxyl groups is 3. The lowest BCUT2D eigenvalue weighted by atomic mass is 9.57. The number of primary amides is 1. The average molecular weight is 501 g/mol. The second kappa shape index (κ2) is 8.35. The SMILES string of the molecule is CN(C)c1cc(NC=O)c(O)c2c1CC1CC3[C@H](N(C)C)C(=O)C(C(N)=O)=C(O)[C@@]3(O)C(=O)C1=C2O. The third-order valence-corrected chi connectivity index (χ3v) is 7.39. The van der Waals surface area contributed by atoms with Crippen molar-refractivity contribution in [2.45, 2.75) is 24.5 Å². The highest BCUT2D eigenvalue weighted by molar-refractivity contribution is 6.24. The Morgan fingerprint density at radius 2 is 1.83 bits per heavy atom. The van der Waals surface area contributed by atoms with Crippen LogP contribution in [-0.2, 0) is 25.6 Å². The third-order valence-electron chi connectivity index (χ3n) is 7.39. The molecule has 0 aliphatic heterocycles. The molecule has 4 atom stereocenters. The van der Waals surface area contributed by atoms with Crippen LogP contribution in [0.2, 0.25) is 0 Å².